The van der Waals surface area contributed by atoms with Crippen molar-refractivity contribution < 1.29 is 4.79 Å². The topological polar surface area (TPSA) is 46.3 Å². The van der Waals surface area contributed by atoms with E-state index in [2.05, 4.69) is 12.1 Å². The number of nitrogens with zero attached hydrogens (tertiary/aromatic N) is 1. The largest absolute Gasteiger partial charge is 0.338 e. The van der Waals surface area contributed by atoms with Gasteiger partial charge < -0.3 is 10.6 Å². The van der Waals surface area contributed by atoms with Crippen molar-refractivity contribution in [2.45, 2.75) is 38.6 Å². The number of fused-ring (bicyclic) bond motifs is 1. The van der Waals surface area contributed by atoms with Crippen LogP contribution < -0.4 is 5.73 Å². The average molecular weight is 286 g/mol. The van der Waals surface area contributed by atoms with Crippen molar-refractivity contribution in [3.8, 4) is 0 Å². The molecule has 3 rings (SSSR count). The molecule has 2 atom stereocenters. The lowest BCUT2D eigenvalue weighted by Gasteiger charge is -2.23. The van der Waals surface area contributed by atoms with E-state index in [4.69, 9.17) is 5.73 Å². The molecule has 21 heavy (non-hydrogen) atoms. The molecule has 0 radical (unpaired) electrons. The van der Waals surface area contributed by atoms with E-state index in [0.717, 1.165) is 19.5 Å². The number of benzene rings is 1. The van der Waals surface area contributed by atoms with Crippen LogP contribution in [0.2, 0.25) is 0 Å². The van der Waals surface area contributed by atoms with Crippen LogP contribution in [-0.2, 0) is 11.3 Å². The Morgan fingerprint density at radius 1 is 1.14 bits per heavy atom. The Labute approximate surface area is 127 Å². The molecule has 1 aromatic carbocycles. The highest BCUT2D eigenvalue weighted by atomic mass is 16.2. The molecule has 3 heteroatoms. The first-order chi connectivity index (χ1) is 10.3. The summed E-state index contributed by atoms with van der Waals surface area (Å²) < 4.78 is 0. The zero-order chi connectivity index (χ0) is 14.7. The summed E-state index contributed by atoms with van der Waals surface area (Å²) in [4.78, 5) is 14.9. The van der Waals surface area contributed by atoms with Crippen LogP contribution in [0.3, 0.4) is 0 Å². The molecule has 0 bridgehead atoms. The first-order valence-electron chi connectivity index (χ1n) is 8.34. The summed E-state index contributed by atoms with van der Waals surface area (Å²) in [7, 11) is 0. The van der Waals surface area contributed by atoms with Gasteiger partial charge in [0, 0.05) is 19.0 Å². The smallest absolute Gasteiger partial charge is 0.226 e. The molecular formula is C18H26N2O. The summed E-state index contributed by atoms with van der Waals surface area (Å²) in [5.41, 5.74) is 6.86. The second-order valence-corrected chi connectivity index (χ2v) is 6.53. The number of hydrogen-bond donors (Lipinski definition) is 1. The fourth-order valence-electron chi connectivity index (χ4n) is 3.92. The van der Waals surface area contributed by atoms with E-state index in [0.29, 0.717) is 30.2 Å². The van der Waals surface area contributed by atoms with Gasteiger partial charge in [0.2, 0.25) is 5.91 Å². The minimum absolute atomic E-state index is 0.314. The van der Waals surface area contributed by atoms with Gasteiger partial charge >= 0.3 is 0 Å². The quantitative estimate of drug-likeness (QED) is 0.874. The molecule has 2 fully saturated rings. The summed E-state index contributed by atoms with van der Waals surface area (Å²) in [6.45, 7) is 2.17. The van der Waals surface area contributed by atoms with Gasteiger partial charge in [-0.25, -0.2) is 0 Å². The van der Waals surface area contributed by atoms with Gasteiger partial charge in [-0.05, 0) is 43.2 Å². The van der Waals surface area contributed by atoms with Gasteiger partial charge in [-0.3, -0.25) is 4.79 Å². The molecule has 2 aliphatic carbocycles. The molecule has 1 aromatic rings. The average Bonchev–Trinajstić information content (AvgIpc) is 3.26. The second-order valence-electron chi connectivity index (χ2n) is 6.53. The Kier molecular flexibility index (Phi) is 4.59. The summed E-state index contributed by atoms with van der Waals surface area (Å²) in [5.74, 6) is 2.06. The SMILES string of the molecule is NCCCN(Cc1ccccc1)C(=O)C1C2CCCCC21. The fourth-order valence-corrected chi connectivity index (χ4v) is 3.92. The third-order valence-electron chi connectivity index (χ3n) is 5.10. The fraction of sp³-hybridized carbons (Fsp3) is 0.611. The molecule has 2 aliphatic rings. The van der Waals surface area contributed by atoms with E-state index in [1.54, 1.807) is 0 Å². The Hall–Kier alpha value is -1.35. The van der Waals surface area contributed by atoms with Crippen LogP contribution in [0.25, 0.3) is 0 Å². The monoisotopic (exact) mass is 286 g/mol. The van der Waals surface area contributed by atoms with E-state index in [9.17, 15) is 4.79 Å². The first-order valence-corrected chi connectivity index (χ1v) is 8.34. The molecule has 0 aliphatic heterocycles. The lowest BCUT2D eigenvalue weighted by molar-refractivity contribution is -0.133. The van der Waals surface area contributed by atoms with E-state index < -0.39 is 0 Å². The molecule has 3 nitrogen and oxygen atoms in total. The predicted molar refractivity (Wildman–Crippen MR) is 84.5 cm³/mol. The Morgan fingerprint density at radius 2 is 1.81 bits per heavy atom. The maximum Gasteiger partial charge on any atom is 0.226 e. The zero-order valence-electron chi connectivity index (χ0n) is 12.7. The lowest BCUT2D eigenvalue weighted by atomic mass is 10.0. The van der Waals surface area contributed by atoms with E-state index in [1.165, 1.54) is 31.2 Å². The van der Waals surface area contributed by atoms with Gasteiger partial charge in [-0.15, -0.1) is 0 Å². The van der Waals surface area contributed by atoms with Crippen LogP contribution in [0.15, 0.2) is 30.3 Å². The number of nitrogens with two attached hydrogens (primary N) is 1. The maximum atomic E-state index is 12.9. The van der Waals surface area contributed by atoms with Crippen LogP contribution >= 0.6 is 0 Å². The van der Waals surface area contributed by atoms with Gasteiger partial charge in [0.25, 0.3) is 0 Å². The van der Waals surface area contributed by atoms with Crippen LogP contribution in [0, 0.1) is 17.8 Å². The van der Waals surface area contributed by atoms with Crippen molar-refractivity contribution in [1.29, 1.82) is 0 Å². The molecule has 0 saturated heterocycles. The van der Waals surface area contributed by atoms with Crippen LogP contribution in [0.1, 0.15) is 37.7 Å². The summed E-state index contributed by atoms with van der Waals surface area (Å²) >= 11 is 0. The molecule has 2 N–H and O–H groups in total. The number of amides is 1. The maximum absolute atomic E-state index is 12.9. The molecule has 0 heterocycles. The third kappa shape index (κ3) is 3.29. The van der Waals surface area contributed by atoms with Gasteiger partial charge in [0.05, 0.1) is 0 Å². The standard InChI is InChI=1S/C18H26N2O/c19-11-6-12-20(13-14-7-2-1-3-8-14)18(21)17-15-9-4-5-10-16(15)17/h1-3,7-8,15-17H,4-6,9-13,19H2. The number of rotatable bonds is 6. The molecule has 0 spiro atoms. The van der Waals surface area contributed by atoms with Crippen molar-refractivity contribution >= 4 is 5.91 Å². The van der Waals surface area contributed by atoms with Crippen molar-refractivity contribution in [1.82, 2.24) is 4.90 Å². The van der Waals surface area contributed by atoms with Crippen molar-refractivity contribution in [2.24, 2.45) is 23.5 Å². The highest BCUT2D eigenvalue weighted by Crippen LogP contribution is 2.56. The Balaban J connectivity index is 1.65. The summed E-state index contributed by atoms with van der Waals surface area (Å²) in [5, 5.41) is 0. The highest BCUT2D eigenvalue weighted by molar-refractivity contribution is 5.82. The van der Waals surface area contributed by atoms with Gasteiger partial charge in [0.1, 0.15) is 0 Å². The van der Waals surface area contributed by atoms with E-state index in [1.807, 2.05) is 23.1 Å². The molecule has 0 aromatic heterocycles. The Bertz CT molecular complexity index is 461. The van der Waals surface area contributed by atoms with Crippen LogP contribution in [0.4, 0.5) is 0 Å². The Morgan fingerprint density at radius 3 is 2.43 bits per heavy atom. The van der Waals surface area contributed by atoms with Crippen LogP contribution in [-0.4, -0.2) is 23.9 Å². The number of carbonyl (C=O) groups is 1. The predicted octanol–water partition coefficient (Wildman–Crippen LogP) is 2.80. The molecule has 2 unspecified atom stereocenters. The third-order valence-corrected chi connectivity index (χ3v) is 5.10. The minimum atomic E-state index is 0.314. The van der Waals surface area contributed by atoms with Crippen molar-refractivity contribution in [3.63, 3.8) is 0 Å². The number of hydrogen-bond acceptors (Lipinski definition) is 2. The molecule has 1 amide bonds. The van der Waals surface area contributed by atoms with E-state index in [-0.39, 0.29) is 0 Å². The van der Waals surface area contributed by atoms with Crippen molar-refractivity contribution in [2.75, 3.05) is 13.1 Å². The molecule has 114 valence electrons. The van der Waals surface area contributed by atoms with Gasteiger partial charge in [-0.1, -0.05) is 43.2 Å². The minimum Gasteiger partial charge on any atom is -0.338 e. The normalized spacial score (nSPS) is 27.0. The summed E-state index contributed by atoms with van der Waals surface area (Å²) in [6.07, 6.45) is 6.04. The number of carbonyl (C=O) groups excluding carboxylic acids is 1. The molecular weight excluding hydrogens is 260 g/mol. The lowest BCUT2D eigenvalue weighted by Crippen LogP contribution is -2.34. The van der Waals surface area contributed by atoms with Gasteiger partial charge in [-0.2, -0.15) is 0 Å². The second kappa shape index (κ2) is 6.61. The first kappa shape index (κ1) is 14.6. The summed E-state index contributed by atoms with van der Waals surface area (Å²) in [6, 6.07) is 10.3. The molecule has 2 saturated carbocycles. The highest BCUT2D eigenvalue weighted by Gasteiger charge is 2.55. The van der Waals surface area contributed by atoms with Crippen LogP contribution in [0.5, 0.6) is 0 Å². The van der Waals surface area contributed by atoms with E-state index >= 15 is 0 Å². The van der Waals surface area contributed by atoms with Gasteiger partial charge in [0.15, 0.2) is 0 Å². The van der Waals surface area contributed by atoms with Crippen molar-refractivity contribution in [3.05, 3.63) is 35.9 Å². The zero-order valence-corrected chi connectivity index (χ0v) is 12.7.